The van der Waals surface area contributed by atoms with Crippen LogP contribution in [0, 0.1) is 0 Å². The molecule has 0 spiro atoms. The Morgan fingerprint density at radius 3 is 2.04 bits per heavy atom. The fraction of sp³-hybridized carbons (Fsp3) is 0.0526. The van der Waals surface area contributed by atoms with Gasteiger partial charge in [-0.15, -0.1) is 0 Å². The van der Waals surface area contributed by atoms with Crippen LogP contribution in [0.3, 0.4) is 0 Å². The Morgan fingerprint density at radius 2 is 1.41 bits per heavy atom. The highest BCUT2D eigenvalue weighted by atomic mass is 35.5. The standard InChI is InChI=1S/C19H13Cl2NO4S/c20-12-5-11(6-13(21)7-12)15-8-17-18(26-10-25-17)9-16(15)14-3-1-2-4-19(14)27(22,23)24/h1-9H,10H2,(H2,22,23,24). The Kier molecular flexibility index (Phi) is 4.52. The number of hydrogen-bond acceptors (Lipinski definition) is 4. The van der Waals surface area contributed by atoms with Crippen LogP contribution >= 0.6 is 23.2 Å². The van der Waals surface area contributed by atoms with Crippen molar-refractivity contribution in [2.45, 2.75) is 4.90 Å². The molecule has 1 heterocycles. The summed E-state index contributed by atoms with van der Waals surface area (Å²) in [6.45, 7) is 0.0887. The van der Waals surface area contributed by atoms with Crippen LogP contribution in [0.2, 0.25) is 10.0 Å². The van der Waals surface area contributed by atoms with Crippen molar-refractivity contribution in [3.63, 3.8) is 0 Å². The highest BCUT2D eigenvalue weighted by molar-refractivity contribution is 7.89. The van der Waals surface area contributed by atoms with Gasteiger partial charge in [0, 0.05) is 15.6 Å². The molecule has 0 aliphatic carbocycles. The van der Waals surface area contributed by atoms with Crippen molar-refractivity contribution >= 4 is 33.2 Å². The van der Waals surface area contributed by atoms with Gasteiger partial charge in [-0.2, -0.15) is 0 Å². The Hall–Kier alpha value is -2.25. The Labute approximate surface area is 166 Å². The SMILES string of the molecule is NS(=O)(=O)c1ccccc1-c1cc2c(cc1-c1cc(Cl)cc(Cl)c1)OCO2. The van der Waals surface area contributed by atoms with E-state index in [2.05, 4.69) is 0 Å². The number of ether oxygens (including phenoxy) is 2. The second-order valence-electron chi connectivity index (χ2n) is 5.95. The highest BCUT2D eigenvalue weighted by Crippen LogP contribution is 2.45. The normalized spacial score (nSPS) is 13.0. The maximum Gasteiger partial charge on any atom is 0.238 e. The second-order valence-corrected chi connectivity index (χ2v) is 8.35. The molecule has 0 aromatic heterocycles. The molecule has 0 saturated carbocycles. The van der Waals surface area contributed by atoms with Gasteiger partial charge < -0.3 is 9.47 Å². The first-order chi connectivity index (χ1) is 12.8. The minimum Gasteiger partial charge on any atom is -0.454 e. The van der Waals surface area contributed by atoms with E-state index >= 15 is 0 Å². The maximum absolute atomic E-state index is 12.1. The van der Waals surface area contributed by atoms with E-state index in [4.69, 9.17) is 37.8 Å². The first kappa shape index (κ1) is 18.1. The van der Waals surface area contributed by atoms with E-state index in [9.17, 15) is 8.42 Å². The Morgan fingerprint density at radius 1 is 0.815 bits per heavy atom. The molecule has 0 radical (unpaired) electrons. The van der Waals surface area contributed by atoms with Crippen molar-refractivity contribution in [3.05, 3.63) is 64.6 Å². The van der Waals surface area contributed by atoms with Crippen LogP contribution in [0.1, 0.15) is 0 Å². The summed E-state index contributed by atoms with van der Waals surface area (Å²) in [4.78, 5) is 0.0123. The molecule has 0 fully saturated rings. The molecule has 1 aliphatic rings. The molecular weight excluding hydrogens is 409 g/mol. The van der Waals surface area contributed by atoms with Gasteiger partial charge >= 0.3 is 0 Å². The summed E-state index contributed by atoms with van der Waals surface area (Å²) in [6, 6.07) is 15.1. The van der Waals surface area contributed by atoms with Crippen LogP contribution in [-0.2, 0) is 10.0 Å². The third-order valence-corrected chi connectivity index (χ3v) is 5.58. The molecule has 0 atom stereocenters. The predicted molar refractivity (Wildman–Crippen MR) is 105 cm³/mol. The van der Waals surface area contributed by atoms with Crippen molar-refractivity contribution in [2.75, 3.05) is 6.79 Å². The molecular formula is C19H13Cl2NO4S. The zero-order valence-electron chi connectivity index (χ0n) is 13.8. The number of hydrogen-bond donors (Lipinski definition) is 1. The Balaban J connectivity index is 2.05. The molecule has 138 valence electrons. The number of benzene rings is 3. The molecule has 3 aromatic rings. The molecule has 4 rings (SSSR count). The lowest BCUT2D eigenvalue weighted by Crippen LogP contribution is -2.13. The van der Waals surface area contributed by atoms with Gasteiger partial charge in [-0.3, -0.25) is 0 Å². The number of fused-ring (bicyclic) bond motifs is 1. The summed E-state index contributed by atoms with van der Waals surface area (Å²) in [5, 5.41) is 6.34. The van der Waals surface area contributed by atoms with Crippen molar-refractivity contribution in [2.24, 2.45) is 5.14 Å². The van der Waals surface area contributed by atoms with Gasteiger partial charge in [0.25, 0.3) is 0 Å². The van der Waals surface area contributed by atoms with Gasteiger partial charge in [0.1, 0.15) is 0 Å². The third-order valence-electron chi connectivity index (χ3n) is 4.17. The van der Waals surface area contributed by atoms with Gasteiger partial charge in [-0.1, -0.05) is 41.4 Å². The van der Waals surface area contributed by atoms with Crippen molar-refractivity contribution in [1.29, 1.82) is 0 Å². The van der Waals surface area contributed by atoms with Crippen LogP contribution < -0.4 is 14.6 Å². The molecule has 0 saturated heterocycles. The fourth-order valence-electron chi connectivity index (χ4n) is 3.05. The molecule has 2 N–H and O–H groups in total. The summed E-state index contributed by atoms with van der Waals surface area (Å²) in [5.74, 6) is 1.07. The van der Waals surface area contributed by atoms with Gasteiger partial charge in [0.2, 0.25) is 16.8 Å². The van der Waals surface area contributed by atoms with E-state index in [-0.39, 0.29) is 11.7 Å². The van der Waals surface area contributed by atoms with Crippen molar-refractivity contribution in [1.82, 2.24) is 0 Å². The number of sulfonamides is 1. The summed E-state index contributed by atoms with van der Waals surface area (Å²) >= 11 is 12.3. The first-order valence-electron chi connectivity index (χ1n) is 7.85. The number of primary sulfonamides is 1. The molecule has 0 amide bonds. The zero-order chi connectivity index (χ0) is 19.2. The molecule has 0 unspecified atom stereocenters. The van der Waals surface area contributed by atoms with Crippen LogP contribution in [0.25, 0.3) is 22.3 Å². The number of halogens is 2. The van der Waals surface area contributed by atoms with Gasteiger partial charge in [0.15, 0.2) is 11.5 Å². The fourth-order valence-corrected chi connectivity index (χ4v) is 4.33. The molecule has 3 aromatic carbocycles. The van der Waals surface area contributed by atoms with E-state index in [1.54, 1.807) is 48.5 Å². The predicted octanol–water partition coefficient (Wildman–Crippen LogP) is 4.70. The van der Waals surface area contributed by atoms with Gasteiger partial charge in [-0.05, 0) is 53.1 Å². The summed E-state index contributed by atoms with van der Waals surface area (Å²) < 4.78 is 35.1. The average Bonchev–Trinajstić information content (AvgIpc) is 3.06. The maximum atomic E-state index is 12.1. The first-order valence-corrected chi connectivity index (χ1v) is 10.2. The van der Waals surface area contributed by atoms with E-state index in [1.807, 2.05) is 0 Å². The average molecular weight is 422 g/mol. The zero-order valence-corrected chi connectivity index (χ0v) is 16.1. The minimum absolute atomic E-state index is 0.0123. The van der Waals surface area contributed by atoms with E-state index in [0.29, 0.717) is 43.8 Å². The van der Waals surface area contributed by atoms with Gasteiger partial charge in [-0.25, -0.2) is 13.6 Å². The monoisotopic (exact) mass is 421 g/mol. The summed E-state index contributed by atoms with van der Waals surface area (Å²) in [5.41, 5.74) is 2.47. The smallest absolute Gasteiger partial charge is 0.238 e. The van der Waals surface area contributed by atoms with E-state index < -0.39 is 10.0 Å². The number of nitrogens with two attached hydrogens (primary N) is 1. The van der Waals surface area contributed by atoms with Crippen LogP contribution in [0.15, 0.2) is 59.5 Å². The molecule has 5 nitrogen and oxygen atoms in total. The topological polar surface area (TPSA) is 78.6 Å². The van der Waals surface area contributed by atoms with E-state index in [1.165, 1.54) is 6.07 Å². The van der Waals surface area contributed by atoms with E-state index in [0.717, 1.165) is 0 Å². The third kappa shape index (κ3) is 3.49. The van der Waals surface area contributed by atoms with Crippen molar-refractivity contribution in [3.8, 4) is 33.8 Å². The lowest BCUT2D eigenvalue weighted by molar-refractivity contribution is 0.174. The quantitative estimate of drug-likeness (QED) is 0.664. The van der Waals surface area contributed by atoms with Gasteiger partial charge in [0.05, 0.1) is 4.90 Å². The second kappa shape index (κ2) is 6.73. The summed E-state index contributed by atoms with van der Waals surface area (Å²) in [6.07, 6.45) is 0. The minimum atomic E-state index is -3.94. The molecule has 0 bridgehead atoms. The van der Waals surface area contributed by atoms with Crippen LogP contribution in [0.5, 0.6) is 11.5 Å². The lowest BCUT2D eigenvalue weighted by Gasteiger charge is -2.15. The molecule has 1 aliphatic heterocycles. The largest absolute Gasteiger partial charge is 0.454 e. The van der Waals surface area contributed by atoms with Crippen LogP contribution in [-0.4, -0.2) is 15.2 Å². The Bertz CT molecular complexity index is 1140. The van der Waals surface area contributed by atoms with Crippen LogP contribution in [0.4, 0.5) is 0 Å². The lowest BCUT2D eigenvalue weighted by atomic mass is 9.94. The molecule has 27 heavy (non-hydrogen) atoms. The number of rotatable bonds is 3. The summed E-state index contributed by atoms with van der Waals surface area (Å²) in [7, 11) is -3.94. The highest BCUT2D eigenvalue weighted by Gasteiger charge is 2.23. The van der Waals surface area contributed by atoms with Crippen molar-refractivity contribution < 1.29 is 17.9 Å². The molecule has 8 heteroatoms.